The van der Waals surface area contributed by atoms with Crippen molar-refractivity contribution in [3.8, 4) is 0 Å². The third kappa shape index (κ3) is 1.54. The highest BCUT2D eigenvalue weighted by Gasteiger charge is 2.15. The molecule has 14 heavy (non-hydrogen) atoms. The lowest BCUT2D eigenvalue weighted by atomic mass is 10.0. The van der Waals surface area contributed by atoms with E-state index in [4.69, 9.17) is 5.73 Å². The van der Waals surface area contributed by atoms with Crippen LogP contribution in [-0.4, -0.2) is 11.2 Å². The van der Waals surface area contributed by atoms with Gasteiger partial charge in [0, 0.05) is 4.70 Å². The summed E-state index contributed by atoms with van der Waals surface area (Å²) in [5, 5.41) is 12.6. The molecule has 3 N–H and O–H groups in total. The predicted octanol–water partition coefficient (Wildman–Crippen LogP) is 2.28. The summed E-state index contributed by atoms with van der Waals surface area (Å²) in [4.78, 5) is 0. The molecular weight excluding hydrogens is 194 g/mol. The summed E-state index contributed by atoms with van der Waals surface area (Å²) >= 11 is 1.67. The lowest BCUT2D eigenvalue weighted by Crippen LogP contribution is -2.22. The van der Waals surface area contributed by atoms with Gasteiger partial charge >= 0.3 is 0 Å². The standard InChI is InChI=1S/C11H13NOS/c1-7(13)11(12)9-6-14-10-5-3-2-4-8(9)10/h2-7,11,13H,12H2,1H3/t7-,11-/m1/s1. The van der Waals surface area contributed by atoms with Gasteiger partial charge in [-0.25, -0.2) is 0 Å². The topological polar surface area (TPSA) is 46.2 Å². The minimum atomic E-state index is -0.506. The Morgan fingerprint density at radius 3 is 2.79 bits per heavy atom. The zero-order valence-electron chi connectivity index (χ0n) is 7.97. The number of nitrogens with two attached hydrogens (primary N) is 1. The molecule has 0 aliphatic carbocycles. The highest BCUT2D eigenvalue weighted by atomic mass is 32.1. The first kappa shape index (κ1) is 9.65. The Morgan fingerprint density at radius 2 is 2.07 bits per heavy atom. The first-order valence-corrected chi connectivity index (χ1v) is 5.48. The quantitative estimate of drug-likeness (QED) is 0.793. The molecule has 3 heteroatoms. The van der Waals surface area contributed by atoms with Gasteiger partial charge in [0.2, 0.25) is 0 Å². The monoisotopic (exact) mass is 207 g/mol. The number of aliphatic hydroxyl groups excluding tert-OH is 1. The average Bonchev–Trinajstić information content (AvgIpc) is 2.60. The van der Waals surface area contributed by atoms with E-state index in [1.54, 1.807) is 18.3 Å². The predicted molar refractivity (Wildman–Crippen MR) is 60.4 cm³/mol. The second kappa shape index (κ2) is 3.69. The number of aliphatic hydroxyl groups is 1. The Bertz CT molecular complexity index is 436. The molecule has 0 aliphatic heterocycles. The van der Waals surface area contributed by atoms with Gasteiger partial charge < -0.3 is 10.8 Å². The number of rotatable bonds is 2. The highest BCUT2D eigenvalue weighted by molar-refractivity contribution is 7.17. The van der Waals surface area contributed by atoms with Crippen molar-refractivity contribution in [2.24, 2.45) is 5.73 Å². The number of benzene rings is 1. The zero-order valence-corrected chi connectivity index (χ0v) is 8.79. The summed E-state index contributed by atoms with van der Waals surface area (Å²) in [7, 11) is 0. The fourth-order valence-electron chi connectivity index (χ4n) is 1.52. The molecule has 0 aliphatic rings. The lowest BCUT2D eigenvalue weighted by Gasteiger charge is -2.13. The fraction of sp³-hybridized carbons (Fsp3) is 0.273. The maximum absolute atomic E-state index is 9.43. The maximum Gasteiger partial charge on any atom is 0.0705 e. The Labute approximate surface area is 87.0 Å². The molecular formula is C11H13NOS. The van der Waals surface area contributed by atoms with Gasteiger partial charge in [-0.1, -0.05) is 18.2 Å². The normalized spacial score (nSPS) is 15.6. The van der Waals surface area contributed by atoms with E-state index in [1.807, 2.05) is 23.6 Å². The summed E-state index contributed by atoms with van der Waals surface area (Å²) in [5.41, 5.74) is 6.95. The summed E-state index contributed by atoms with van der Waals surface area (Å²) in [6.07, 6.45) is -0.506. The molecule has 74 valence electrons. The smallest absolute Gasteiger partial charge is 0.0705 e. The minimum Gasteiger partial charge on any atom is -0.391 e. The van der Waals surface area contributed by atoms with Crippen LogP contribution in [0.5, 0.6) is 0 Å². The SMILES string of the molecule is C[C@@H](O)[C@@H](N)c1csc2ccccc12. The van der Waals surface area contributed by atoms with Crippen LogP contribution in [0.3, 0.4) is 0 Å². The first-order chi connectivity index (χ1) is 6.70. The largest absolute Gasteiger partial charge is 0.391 e. The van der Waals surface area contributed by atoms with Crippen molar-refractivity contribution in [2.45, 2.75) is 19.1 Å². The van der Waals surface area contributed by atoms with Crippen LogP contribution in [0.25, 0.3) is 10.1 Å². The molecule has 0 saturated heterocycles. The van der Waals surface area contributed by atoms with Crippen molar-refractivity contribution in [1.82, 2.24) is 0 Å². The number of hydrogen-bond acceptors (Lipinski definition) is 3. The summed E-state index contributed by atoms with van der Waals surface area (Å²) in [6, 6.07) is 7.83. The van der Waals surface area contributed by atoms with Gasteiger partial charge in [-0.05, 0) is 29.3 Å². The molecule has 0 amide bonds. The van der Waals surface area contributed by atoms with Gasteiger partial charge in [0.25, 0.3) is 0 Å². The van der Waals surface area contributed by atoms with Crippen molar-refractivity contribution in [2.75, 3.05) is 0 Å². The van der Waals surface area contributed by atoms with Crippen LogP contribution >= 0.6 is 11.3 Å². The van der Waals surface area contributed by atoms with Crippen molar-refractivity contribution in [3.63, 3.8) is 0 Å². The second-order valence-electron chi connectivity index (χ2n) is 3.45. The molecule has 0 saturated carbocycles. The van der Waals surface area contributed by atoms with E-state index in [9.17, 15) is 5.11 Å². The van der Waals surface area contributed by atoms with Crippen LogP contribution in [0.1, 0.15) is 18.5 Å². The van der Waals surface area contributed by atoms with Gasteiger partial charge in [0.05, 0.1) is 12.1 Å². The summed E-state index contributed by atoms with van der Waals surface area (Å²) in [6.45, 7) is 1.72. The number of hydrogen-bond donors (Lipinski definition) is 2. The van der Waals surface area contributed by atoms with E-state index in [-0.39, 0.29) is 6.04 Å². The third-order valence-corrected chi connectivity index (χ3v) is 3.37. The molecule has 0 fully saturated rings. The van der Waals surface area contributed by atoms with E-state index in [2.05, 4.69) is 6.07 Å². The summed E-state index contributed by atoms with van der Waals surface area (Å²) < 4.78 is 1.22. The highest BCUT2D eigenvalue weighted by Crippen LogP contribution is 2.30. The third-order valence-electron chi connectivity index (χ3n) is 2.39. The molecule has 2 rings (SSSR count). The molecule has 2 atom stereocenters. The Kier molecular flexibility index (Phi) is 2.54. The van der Waals surface area contributed by atoms with Crippen molar-refractivity contribution in [3.05, 3.63) is 35.2 Å². The van der Waals surface area contributed by atoms with Crippen LogP contribution in [0.15, 0.2) is 29.6 Å². The van der Waals surface area contributed by atoms with Gasteiger partial charge in [-0.3, -0.25) is 0 Å². The fourth-order valence-corrected chi connectivity index (χ4v) is 2.52. The van der Waals surface area contributed by atoms with Gasteiger partial charge in [0.15, 0.2) is 0 Å². The van der Waals surface area contributed by atoms with E-state index < -0.39 is 6.10 Å². The molecule has 2 nitrogen and oxygen atoms in total. The molecule has 0 radical (unpaired) electrons. The van der Waals surface area contributed by atoms with Crippen LogP contribution in [0.4, 0.5) is 0 Å². The Balaban J connectivity index is 2.53. The van der Waals surface area contributed by atoms with Crippen molar-refractivity contribution in [1.29, 1.82) is 0 Å². The maximum atomic E-state index is 9.43. The van der Waals surface area contributed by atoms with Crippen LogP contribution in [0, 0.1) is 0 Å². The first-order valence-electron chi connectivity index (χ1n) is 4.60. The second-order valence-corrected chi connectivity index (χ2v) is 4.36. The molecule has 1 aromatic carbocycles. The lowest BCUT2D eigenvalue weighted by molar-refractivity contribution is 0.165. The van der Waals surface area contributed by atoms with Gasteiger partial charge in [-0.15, -0.1) is 11.3 Å². The van der Waals surface area contributed by atoms with E-state index in [0.717, 1.165) is 10.9 Å². The summed E-state index contributed by atoms with van der Waals surface area (Å²) in [5.74, 6) is 0. The average molecular weight is 207 g/mol. The molecule has 2 aromatic rings. The molecule has 1 aromatic heterocycles. The van der Waals surface area contributed by atoms with Crippen LogP contribution in [0.2, 0.25) is 0 Å². The van der Waals surface area contributed by atoms with Crippen molar-refractivity contribution < 1.29 is 5.11 Å². The van der Waals surface area contributed by atoms with Crippen LogP contribution < -0.4 is 5.73 Å². The van der Waals surface area contributed by atoms with E-state index >= 15 is 0 Å². The van der Waals surface area contributed by atoms with E-state index in [1.165, 1.54) is 4.70 Å². The zero-order chi connectivity index (χ0) is 10.1. The molecule has 1 heterocycles. The molecule has 0 bridgehead atoms. The van der Waals surface area contributed by atoms with Gasteiger partial charge in [-0.2, -0.15) is 0 Å². The number of thiophene rings is 1. The van der Waals surface area contributed by atoms with Crippen LogP contribution in [-0.2, 0) is 0 Å². The Morgan fingerprint density at radius 1 is 1.36 bits per heavy atom. The number of fused-ring (bicyclic) bond motifs is 1. The van der Waals surface area contributed by atoms with Crippen molar-refractivity contribution >= 4 is 21.4 Å². The molecule has 0 spiro atoms. The van der Waals surface area contributed by atoms with E-state index in [0.29, 0.717) is 0 Å². The Hall–Kier alpha value is -0.900. The van der Waals surface area contributed by atoms with Gasteiger partial charge in [0.1, 0.15) is 0 Å². The minimum absolute atomic E-state index is 0.286. The molecule has 0 unspecified atom stereocenters.